The number of anilines is 1. The number of nitrogens with one attached hydrogen (secondary N) is 1. The van der Waals surface area contributed by atoms with E-state index in [1.165, 1.54) is 0 Å². The average Bonchev–Trinajstić information content (AvgIpc) is 3.10. The van der Waals surface area contributed by atoms with Gasteiger partial charge in [-0.15, -0.1) is 0 Å². The molecule has 30 heavy (non-hydrogen) atoms. The fourth-order valence-corrected chi connectivity index (χ4v) is 5.76. The minimum atomic E-state index is -3.54. The number of sulfonamides is 1. The number of aromatic nitrogens is 1. The van der Waals surface area contributed by atoms with Gasteiger partial charge < -0.3 is 9.84 Å². The van der Waals surface area contributed by atoms with E-state index in [0.29, 0.717) is 41.9 Å². The van der Waals surface area contributed by atoms with Crippen molar-refractivity contribution in [3.8, 4) is 0 Å². The number of hydrogen-bond donors (Lipinski definition) is 1. The van der Waals surface area contributed by atoms with Crippen LogP contribution in [0.5, 0.6) is 0 Å². The lowest BCUT2D eigenvalue weighted by Gasteiger charge is -2.34. The number of piperidine rings is 1. The van der Waals surface area contributed by atoms with Crippen molar-refractivity contribution in [2.75, 3.05) is 18.4 Å². The van der Waals surface area contributed by atoms with Crippen molar-refractivity contribution in [1.29, 1.82) is 0 Å². The topological polar surface area (TPSA) is 92.5 Å². The van der Waals surface area contributed by atoms with Gasteiger partial charge in [0.2, 0.25) is 15.9 Å². The summed E-state index contributed by atoms with van der Waals surface area (Å²) in [4.78, 5) is 12.6. The molecule has 1 fully saturated rings. The molecule has 158 valence electrons. The Hall–Kier alpha value is -2.71. The number of hydrogen-bond acceptors (Lipinski definition) is 5. The molecule has 2 aromatic carbocycles. The Labute approximate surface area is 176 Å². The van der Waals surface area contributed by atoms with Crippen molar-refractivity contribution in [3.05, 3.63) is 54.2 Å². The number of nitrogens with zero attached hydrogens (tertiary/aromatic N) is 2. The molecule has 4 rings (SSSR count). The maximum atomic E-state index is 13.0. The lowest BCUT2D eigenvalue weighted by molar-refractivity contribution is -0.115. The molecule has 0 spiro atoms. The molecule has 1 amide bonds. The quantitative estimate of drug-likeness (QED) is 0.671. The molecule has 1 aromatic heterocycles. The Balaban J connectivity index is 1.43. The van der Waals surface area contributed by atoms with Crippen molar-refractivity contribution in [1.82, 2.24) is 9.46 Å². The number of carbonyl (C=O) groups excluding carboxylic acids is 1. The predicted octanol–water partition coefficient (Wildman–Crippen LogP) is 3.68. The SMILES string of the molecule is CC1CC(C)CN(S(=O)(=O)c2ccc(NC(=O)Cc3noc4ccccc34)cc2)C1. The average molecular weight is 428 g/mol. The molecule has 0 aliphatic carbocycles. The van der Waals surface area contributed by atoms with Crippen LogP contribution in [-0.2, 0) is 21.2 Å². The third kappa shape index (κ3) is 4.24. The van der Waals surface area contributed by atoms with Gasteiger partial charge >= 0.3 is 0 Å². The molecule has 1 saturated heterocycles. The van der Waals surface area contributed by atoms with Crippen molar-refractivity contribution >= 4 is 32.6 Å². The second-order valence-electron chi connectivity index (χ2n) is 8.14. The highest BCUT2D eigenvalue weighted by Crippen LogP contribution is 2.27. The standard InChI is InChI=1S/C22H25N3O4S/c1-15-11-16(2)14-25(13-15)30(27,28)18-9-7-17(8-10-18)23-22(26)12-20-19-5-3-4-6-21(19)29-24-20/h3-10,15-16H,11-14H2,1-2H3,(H,23,26). The maximum Gasteiger partial charge on any atom is 0.243 e. The van der Waals surface area contributed by atoms with Crippen LogP contribution in [0.3, 0.4) is 0 Å². The number of benzene rings is 2. The van der Waals surface area contributed by atoms with Crippen LogP contribution in [0.25, 0.3) is 11.0 Å². The van der Waals surface area contributed by atoms with E-state index in [1.807, 2.05) is 18.2 Å². The normalized spacial score (nSPS) is 20.3. The van der Waals surface area contributed by atoms with Gasteiger partial charge in [0.05, 0.1) is 11.3 Å². The fraction of sp³-hybridized carbons (Fsp3) is 0.364. The Bertz CT molecular complexity index is 1140. The molecule has 1 aliphatic rings. The molecule has 1 N–H and O–H groups in total. The number of fused-ring (bicyclic) bond motifs is 1. The predicted molar refractivity (Wildman–Crippen MR) is 114 cm³/mol. The smallest absolute Gasteiger partial charge is 0.243 e. The van der Waals surface area contributed by atoms with E-state index >= 15 is 0 Å². The molecule has 0 bridgehead atoms. The Morgan fingerprint density at radius 3 is 2.47 bits per heavy atom. The third-order valence-corrected chi connectivity index (χ3v) is 7.24. The molecule has 2 heterocycles. The van der Waals surface area contributed by atoms with E-state index in [4.69, 9.17) is 4.52 Å². The first kappa shape index (κ1) is 20.6. The van der Waals surface area contributed by atoms with Crippen LogP contribution in [0, 0.1) is 11.8 Å². The summed E-state index contributed by atoms with van der Waals surface area (Å²) < 4.78 is 32.7. The molecule has 1 aliphatic heterocycles. The summed E-state index contributed by atoms with van der Waals surface area (Å²) >= 11 is 0. The van der Waals surface area contributed by atoms with Gasteiger partial charge in [-0.2, -0.15) is 4.31 Å². The van der Waals surface area contributed by atoms with Gasteiger partial charge in [-0.05, 0) is 54.7 Å². The molecular weight excluding hydrogens is 402 g/mol. The van der Waals surface area contributed by atoms with E-state index in [-0.39, 0.29) is 17.2 Å². The van der Waals surface area contributed by atoms with Crippen LogP contribution in [0.15, 0.2) is 57.9 Å². The third-order valence-electron chi connectivity index (χ3n) is 5.39. The van der Waals surface area contributed by atoms with Crippen LogP contribution in [0.1, 0.15) is 26.0 Å². The van der Waals surface area contributed by atoms with E-state index in [1.54, 1.807) is 34.6 Å². The Kier molecular flexibility index (Phi) is 5.62. The largest absolute Gasteiger partial charge is 0.356 e. The molecule has 0 radical (unpaired) electrons. The van der Waals surface area contributed by atoms with Crippen LogP contribution in [-0.4, -0.2) is 36.9 Å². The van der Waals surface area contributed by atoms with Crippen LogP contribution >= 0.6 is 0 Å². The zero-order chi connectivity index (χ0) is 21.3. The lowest BCUT2D eigenvalue weighted by atomic mass is 9.94. The molecule has 2 unspecified atom stereocenters. The first-order valence-electron chi connectivity index (χ1n) is 10.1. The maximum absolute atomic E-state index is 13.0. The van der Waals surface area contributed by atoms with E-state index in [0.717, 1.165) is 11.8 Å². The van der Waals surface area contributed by atoms with E-state index < -0.39 is 10.0 Å². The highest BCUT2D eigenvalue weighted by molar-refractivity contribution is 7.89. The van der Waals surface area contributed by atoms with Crippen LogP contribution < -0.4 is 5.32 Å². The number of amides is 1. The minimum absolute atomic E-state index is 0.0701. The molecule has 3 aromatic rings. The van der Waals surface area contributed by atoms with Gasteiger partial charge in [-0.1, -0.05) is 31.1 Å². The first-order valence-corrected chi connectivity index (χ1v) is 11.5. The van der Waals surface area contributed by atoms with Crippen LogP contribution in [0.2, 0.25) is 0 Å². The summed E-state index contributed by atoms with van der Waals surface area (Å²) in [5.74, 6) is 0.438. The van der Waals surface area contributed by atoms with Gasteiger partial charge in [0.25, 0.3) is 0 Å². The Morgan fingerprint density at radius 2 is 1.77 bits per heavy atom. The van der Waals surface area contributed by atoms with Crippen molar-refractivity contribution in [2.24, 2.45) is 11.8 Å². The van der Waals surface area contributed by atoms with Gasteiger partial charge in [-0.3, -0.25) is 4.79 Å². The zero-order valence-corrected chi connectivity index (χ0v) is 17.9. The summed E-state index contributed by atoms with van der Waals surface area (Å²) in [6, 6.07) is 13.7. The number of carbonyl (C=O) groups is 1. The second-order valence-corrected chi connectivity index (χ2v) is 10.1. The highest BCUT2D eigenvalue weighted by atomic mass is 32.2. The highest BCUT2D eigenvalue weighted by Gasteiger charge is 2.31. The van der Waals surface area contributed by atoms with E-state index in [9.17, 15) is 13.2 Å². The van der Waals surface area contributed by atoms with Gasteiger partial charge in [0, 0.05) is 24.2 Å². The summed E-state index contributed by atoms with van der Waals surface area (Å²) in [6.45, 7) is 5.23. The van der Waals surface area contributed by atoms with Crippen molar-refractivity contribution in [2.45, 2.75) is 31.6 Å². The molecule has 7 nitrogen and oxygen atoms in total. The summed E-state index contributed by atoms with van der Waals surface area (Å²) in [6.07, 6.45) is 1.11. The van der Waals surface area contributed by atoms with Crippen molar-refractivity contribution < 1.29 is 17.7 Å². The summed E-state index contributed by atoms with van der Waals surface area (Å²) in [5.41, 5.74) is 1.74. The Morgan fingerprint density at radius 1 is 1.10 bits per heavy atom. The van der Waals surface area contributed by atoms with Crippen LogP contribution in [0.4, 0.5) is 5.69 Å². The first-order chi connectivity index (χ1) is 14.3. The summed E-state index contributed by atoms with van der Waals surface area (Å²) in [7, 11) is -3.54. The van der Waals surface area contributed by atoms with E-state index in [2.05, 4.69) is 24.3 Å². The monoisotopic (exact) mass is 427 g/mol. The lowest BCUT2D eigenvalue weighted by Crippen LogP contribution is -2.42. The van der Waals surface area contributed by atoms with Gasteiger partial charge in [0.15, 0.2) is 5.58 Å². The molecule has 2 atom stereocenters. The molecule has 8 heteroatoms. The molecule has 0 saturated carbocycles. The fourth-order valence-electron chi connectivity index (χ4n) is 4.08. The van der Waals surface area contributed by atoms with Gasteiger partial charge in [0.1, 0.15) is 5.69 Å². The second kappa shape index (κ2) is 8.20. The van der Waals surface area contributed by atoms with Crippen molar-refractivity contribution in [3.63, 3.8) is 0 Å². The summed E-state index contributed by atoms with van der Waals surface area (Å²) in [5, 5.41) is 7.56. The number of rotatable bonds is 5. The number of para-hydroxylation sites is 1. The van der Waals surface area contributed by atoms with Gasteiger partial charge in [-0.25, -0.2) is 8.42 Å². The molecular formula is C22H25N3O4S. The zero-order valence-electron chi connectivity index (χ0n) is 17.0. The minimum Gasteiger partial charge on any atom is -0.356 e.